The Hall–Kier alpha value is -0.481. The van der Waals surface area contributed by atoms with Crippen molar-refractivity contribution in [2.24, 2.45) is 0 Å². The molecule has 0 nitrogen and oxygen atoms in total. The molecule has 0 aliphatic rings. The van der Waals surface area contributed by atoms with Gasteiger partial charge in [0.25, 0.3) is 0 Å². The van der Waals surface area contributed by atoms with Gasteiger partial charge in [0.1, 0.15) is 0 Å². The van der Waals surface area contributed by atoms with E-state index < -0.39 is 0 Å². The molecular weight excluding hydrogens is 801 g/mol. The van der Waals surface area contributed by atoms with Gasteiger partial charge in [-0.3, -0.25) is 0 Å². The summed E-state index contributed by atoms with van der Waals surface area (Å²) in [6.45, 7) is 0. The number of rotatable bonds is 0. The average Bonchev–Trinajstić information content (AvgIpc) is 3.01. The van der Waals surface area contributed by atoms with Crippen LogP contribution < -0.4 is 56.6 Å². The van der Waals surface area contributed by atoms with Crippen molar-refractivity contribution < 1.29 is 59.0 Å². The summed E-state index contributed by atoms with van der Waals surface area (Å²) in [6, 6.07) is 60.8. The summed E-state index contributed by atoms with van der Waals surface area (Å²) >= 11 is 0. The van der Waals surface area contributed by atoms with E-state index in [1.54, 1.807) is 0 Å². The molecule has 0 heterocycles. The van der Waals surface area contributed by atoms with Crippen molar-refractivity contribution in [2.45, 2.75) is 0 Å². The molecular formula is C36H42Cl2Fe2P6-2. The third kappa shape index (κ3) is 34.8. The monoisotopic (exact) mass is 842 g/mol. The first kappa shape index (κ1) is 52.3. The maximum absolute atomic E-state index is 2.63. The summed E-state index contributed by atoms with van der Waals surface area (Å²) in [6.07, 6.45) is 0. The Balaban J connectivity index is -0.000000226. The fraction of sp³-hybridized carbons (Fsp3) is 0. The van der Waals surface area contributed by atoms with Gasteiger partial charge in [-0.2, -0.15) is 0 Å². The first-order valence-corrected chi connectivity index (χ1v) is 16.7. The van der Waals surface area contributed by atoms with E-state index in [0.717, 1.165) is 0 Å². The largest absolute Gasteiger partial charge is 1.00 e. The smallest absolute Gasteiger partial charge is 0 e. The van der Waals surface area contributed by atoms with E-state index in [2.05, 4.69) is 55.4 Å². The van der Waals surface area contributed by atoms with Gasteiger partial charge in [0.2, 0.25) is 0 Å². The van der Waals surface area contributed by atoms with Crippen LogP contribution in [-0.2, 0) is 34.1 Å². The van der Waals surface area contributed by atoms with Gasteiger partial charge in [0.15, 0.2) is 0 Å². The molecule has 6 rings (SSSR count). The second-order valence-corrected chi connectivity index (χ2v) is 12.5. The van der Waals surface area contributed by atoms with Crippen molar-refractivity contribution in [3.8, 4) is 0 Å². The van der Waals surface area contributed by atoms with E-state index in [-0.39, 0.29) is 59.0 Å². The number of benzene rings is 6. The Morgan fingerprint density at radius 3 is 0.326 bits per heavy atom. The van der Waals surface area contributed by atoms with E-state index >= 15 is 0 Å². The van der Waals surface area contributed by atoms with Gasteiger partial charge in [0, 0.05) is 34.1 Å². The van der Waals surface area contributed by atoms with Crippen LogP contribution in [0.5, 0.6) is 0 Å². The minimum absolute atomic E-state index is 0. The van der Waals surface area contributed by atoms with E-state index in [4.69, 9.17) is 0 Å². The van der Waals surface area contributed by atoms with Crippen LogP contribution in [-0.4, -0.2) is 0 Å². The second kappa shape index (κ2) is 37.3. The predicted octanol–water partition coefficient (Wildman–Crippen LogP) is 1.13. The van der Waals surface area contributed by atoms with E-state index in [0.29, 0.717) is 0 Å². The van der Waals surface area contributed by atoms with E-state index in [1.807, 2.05) is 182 Å². The summed E-state index contributed by atoms with van der Waals surface area (Å²) in [4.78, 5) is 0. The van der Waals surface area contributed by atoms with Gasteiger partial charge in [0.05, 0.1) is 0 Å². The first-order valence-electron chi connectivity index (χ1n) is 13.2. The summed E-state index contributed by atoms with van der Waals surface area (Å²) < 4.78 is 0. The van der Waals surface area contributed by atoms with Crippen LogP contribution in [0, 0.1) is 0 Å². The van der Waals surface area contributed by atoms with Gasteiger partial charge >= 0.3 is 0 Å². The van der Waals surface area contributed by atoms with Crippen molar-refractivity contribution in [1.29, 1.82) is 0 Å². The van der Waals surface area contributed by atoms with Crippen LogP contribution in [0.4, 0.5) is 0 Å². The number of hydrogen-bond acceptors (Lipinski definition) is 0. The van der Waals surface area contributed by atoms with Gasteiger partial charge in [-0.05, 0) is 31.8 Å². The predicted molar refractivity (Wildman–Crippen MR) is 215 cm³/mol. The molecule has 6 aromatic carbocycles. The van der Waals surface area contributed by atoms with Crippen LogP contribution in [0.25, 0.3) is 0 Å². The van der Waals surface area contributed by atoms with Gasteiger partial charge < -0.3 is 24.8 Å². The van der Waals surface area contributed by atoms with Crippen molar-refractivity contribution in [1.82, 2.24) is 0 Å². The SMILES string of the molecule is Pc1ccccc1.Pc1ccccc1.Pc1ccccc1.Pc1ccccc1.Pc1ccccc1.Pc1ccccc1.[Cl-].[Cl-].[Fe].[Fe]. The standard InChI is InChI=1S/6C6H7P.2ClH.2Fe/c6*7-6-4-2-1-3-5-6;;;;/h6*1-5H,7H2;2*1H;;/p-2. The summed E-state index contributed by atoms with van der Waals surface area (Å²) in [5.74, 6) is 0. The Kier molecular flexibility index (Phi) is 42.5. The zero-order valence-corrected chi connectivity index (χ0v) is 35.9. The molecule has 0 N–H and O–H groups in total. The molecule has 0 saturated heterocycles. The Morgan fingerprint density at radius 2 is 0.283 bits per heavy atom. The first-order chi connectivity index (χ1) is 20.4. The molecule has 46 heavy (non-hydrogen) atoms. The quantitative estimate of drug-likeness (QED) is 0.159. The summed E-state index contributed by atoms with van der Waals surface area (Å²) in [5, 5.41) is 7.43. The minimum Gasteiger partial charge on any atom is -1.00 e. The summed E-state index contributed by atoms with van der Waals surface area (Å²) in [7, 11) is 15.8. The molecule has 0 radical (unpaired) electrons. The topological polar surface area (TPSA) is 0 Å². The third-order valence-electron chi connectivity index (χ3n) is 4.80. The van der Waals surface area contributed by atoms with Crippen LogP contribution in [0.2, 0.25) is 0 Å². The Bertz CT molecular complexity index is 1120. The fourth-order valence-electron chi connectivity index (χ4n) is 2.72. The van der Waals surface area contributed by atoms with E-state index in [9.17, 15) is 0 Å². The van der Waals surface area contributed by atoms with Crippen LogP contribution in [0.3, 0.4) is 0 Å². The van der Waals surface area contributed by atoms with Gasteiger partial charge in [-0.15, -0.1) is 55.4 Å². The second-order valence-electron chi connectivity index (χ2n) is 8.46. The minimum atomic E-state index is 0. The molecule has 0 amide bonds. The number of hydrogen-bond donors (Lipinski definition) is 0. The van der Waals surface area contributed by atoms with Crippen LogP contribution in [0.1, 0.15) is 0 Å². The summed E-state index contributed by atoms with van der Waals surface area (Å²) in [5.41, 5.74) is 0. The molecule has 6 unspecified atom stereocenters. The molecule has 0 aliphatic heterocycles. The molecule has 0 bridgehead atoms. The molecule has 10 heteroatoms. The fourth-order valence-corrected chi connectivity index (χ4v) is 4.05. The van der Waals surface area contributed by atoms with Crippen molar-refractivity contribution in [3.05, 3.63) is 182 Å². The maximum atomic E-state index is 2.63. The number of halogens is 2. The Morgan fingerprint density at radius 1 is 0.196 bits per heavy atom. The maximum Gasteiger partial charge on any atom is 0 e. The normalized spacial score (nSPS) is 7.96. The molecule has 0 aromatic heterocycles. The van der Waals surface area contributed by atoms with Crippen molar-refractivity contribution in [2.75, 3.05) is 0 Å². The Labute approximate surface area is 325 Å². The van der Waals surface area contributed by atoms with E-state index in [1.165, 1.54) is 31.8 Å². The van der Waals surface area contributed by atoms with Crippen molar-refractivity contribution in [3.63, 3.8) is 0 Å². The van der Waals surface area contributed by atoms with Crippen LogP contribution in [0.15, 0.2) is 182 Å². The van der Waals surface area contributed by atoms with Crippen molar-refractivity contribution >= 4 is 87.3 Å². The van der Waals surface area contributed by atoms with Gasteiger partial charge in [-0.25, -0.2) is 0 Å². The average molecular weight is 843 g/mol. The third-order valence-corrected chi connectivity index (χ3v) is 7.11. The molecule has 248 valence electrons. The zero-order chi connectivity index (χ0) is 30.7. The zero-order valence-electron chi connectivity index (χ0n) is 25.2. The molecule has 6 atom stereocenters. The van der Waals surface area contributed by atoms with Gasteiger partial charge in [-0.1, -0.05) is 182 Å². The molecule has 0 fully saturated rings. The van der Waals surface area contributed by atoms with Crippen LogP contribution >= 0.6 is 55.4 Å². The molecule has 0 aliphatic carbocycles. The molecule has 0 saturated carbocycles. The molecule has 6 aromatic rings. The molecule has 0 spiro atoms.